The van der Waals surface area contributed by atoms with Crippen LogP contribution in [0.25, 0.3) is 32.0 Å². The molecule has 3 aromatic heterocycles. The molecule has 0 unspecified atom stereocenters. The Morgan fingerprint density at radius 1 is 0.853 bits per heavy atom. The Hall–Kier alpha value is -3.01. The summed E-state index contributed by atoms with van der Waals surface area (Å²) in [4.78, 5) is 31.3. The molecule has 34 heavy (non-hydrogen) atoms. The number of ether oxygens (including phenoxy) is 1. The maximum Gasteiger partial charge on any atom is 0.320 e. The molecule has 5 heterocycles. The number of aromatic nitrogens is 2. The number of rotatable bonds is 3. The number of nitrogens with zero attached hydrogens (tertiary/aromatic N) is 5. The van der Waals surface area contributed by atoms with Crippen molar-refractivity contribution in [2.75, 3.05) is 57.4 Å². The smallest absolute Gasteiger partial charge is 0.320 e. The van der Waals surface area contributed by atoms with E-state index in [2.05, 4.69) is 46.0 Å². The zero-order valence-electron chi connectivity index (χ0n) is 18.7. The van der Waals surface area contributed by atoms with Crippen molar-refractivity contribution in [2.24, 2.45) is 0 Å². The minimum absolute atomic E-state index is 0.121. The second-order valence-electron chi connectivity index (χ2n) is 8.40. The lowest BCUT2D eigenvalue weighted by Crippen LogP contribution is -2.55. The van der Waals surface area contributed by atoms with Gasteiger partial charge in [-0.25, -0.2) is 14.8 Å². The fraction of sp³-hybridized carbons (Fsp3) is 0.320. The third kappa shape index (κ3) is 4.04. The van der Waals surface area contributed by atoms with Crippen LogP contribution in [0, 0.1) is 0 Å². The van der Waals surface area contributed by atoms with Crippen molar-refractivity contribution in [3.8, 4) is 21.8 Å². The standard InChI is InChI=1S/C25H25N5O2S2/c31-25(30-12-14-32-15-13-30)29-10-8-28(9-11-29)23-21-19(18-5-2-1-3-6-18)17-34-24(21)27-22(26-23)20-7-4-16-33-20/h1-7,16-17H,8-15H2. The minimum atomic E-state index is 0.121. The average molecular weight is 492 g/mol. The van der Waals surface area contributed by atoms with Crippen LogP contribution in [0.5, 0.6) is 0 Å². The first-order chi connectivity index (χ1) is 16.8. The molecule has 7 nitrogen and oxygen atoms in total. The Bertz CT molecular complexity index is 1280. The number of carbonyl (C=O) groups is 1. The summed E-state index contributed by atoms with van der Waals surface area (Å²) in [5.74, 6) is 1.73. The SMILES string of the molecule is O=C(N1CCOCC1)N1CCN(c2nc(-c3cccs3)nc3scc(-c4ccccc4)c23)CC1. The molecule has 6 rings (SSSR count). The van der Waals surface area contributed by atoms with Crippen LogP contribution in [0.1, 0.15) is 0 Å². The number of urea groups is 1. The summed E-state index contributed by atoms with van der Waals surface area (Å²) >= 11 is 3.32. The molecule has 0 aliphatic carbocycles. The molecule has 0 N–H and O–H groups in total. The summed E-state index contributed by atoms with van der Waals surface area (Å²) in [6.45, 7) is 5.44. The topological polar surface area (TPSA) is 61.8 Å². The van der Waals surface area contributed by atoms with Crippen molar-refractivity contribution < 1.29 is 9.53 Å². The van der Waals surface area contributed by atoms with Gasteiger partial charge in [0.15, 0.2) is 5.82 Å². The predicted octanol–water partition coefficient (Wildman–Crippen LogP) is 4.66. The van der Waals surface area contributed by atoms with Gasteiger partial charge in [-0.3, -0.25) is 0 Å². The summed E-state index contributed by atoms with van der Waals surface area (Å²) in [7, 11) is 0. The van der Waals surface area contributed by atoms with Gasteiger partial charge in [-0.1, -0.05) is 36.4 Å². The maximum atomic E-state index is 13.0. The quantitative estimate of drug-likeness (QED) is 0.417. The van der Waals surface area contributed by atoms with Crippen molar-refractivity contribution in [2.45, 2.75) is 0 Å². The highest BCUT2D eigenvalue weighted by Gasteiger charge is 2.29. The van der Waals surface area contributed by atoms with Crippen molar-refractivity contribution >= 4 is 44.7 Å². The third-order valence-corrected chi connectivity index (χ3v) is 8.11. The van der Waals surface area contributed by atoms with E-state index in [9.17, 15) is 4.79 Å². The van der Waals surface area contributed by atoms with Gasteiger partial charge in [0.2, 0.25) is 0 Å². The van der Waals surface area contributed by atoms with Crippen molar-refractivity contribution in [1.82, 2.24) is 19.8 Å². The first-order valence-corrected chi connectivity index (χ1v) is 13.3. The fourth-order valence-electron chi connectivity index (χ4n) is 4.56. The Kier molecular flexibility index (Phi) is 5.90. The first kappa shape index (κ1) is 21.5. The van der Waals surface area contributed by atoms with Gasteiger partial charge in [0.1, 0.15) is 10.6 Å². The highest BCUT2D eigenvalue weighted by atomic mass is 32.1. The average Bonchev–Trinajstić information content (AvgIpc) is 3.59. The highest BCUT2D eigenvalue weighted by molar-refractivity contribution is 7.17. The lowest BCUT2D eigenvalue weighted by molar-refractivity contribution is 0.0428. The normalized spacial score (nSPS) is 16.9. The number of anilines is 1. The first-order valence-electron chi connectivity index (χ1n) is 11.5. The van der Waals surface area contributed by atoms with Crippen LogP contribution in [-0.4, -0.2) is 78.3 Å². The molecule has 2 amide bonds. The molecule has 2 saturated heterocycles. The van der Waals surface area contributed by atoms with Crippen LogP contribution in [0.4, 0.5) is 10.6 Å². The number of hydrogen-bond donors (Lipinski definition) is 0. The number of thiophene rings is 2. The summed E-state index contributed by atoms with van der Waals surface area (Å²) in [6.07, 6.45) is 0. The van der Waals surface area contributed by atoms with E-state index in [4.69, 9.17) is 14.7 Å². The lowest BCUT2D eigenvalue weighted by Gasteiger charge is -2.39. The third-order valence-electron chi connectivity index (χ3n) is 6.37. The van der Waals surface area contributed by atoms with E-state index in [1.54, 1.807) is 22.7 Å². The number of fused-ring (bicyclic) bond motifs is 1. The van der Waals surface area contributed by atoms with Crippen LogP contribution in [0.15, 0.2) is 53.2 Å². The number of carbonyl (C=O) groups excluding carboxylic acids is 1. The van der Waals surface area contributed by atoms with Gasteiger partial charge in [0.25, 0.3) is 0 Å². The second-order valence-corrected chi connectivity index (χ2v) is 10.2. The molecule has 2 aliphatic rings. The predicted molar refractivity (Wildman–Crippen MR) is 138 cm³/mol. The number of piperazine rings is 1. The van der Waals surface area contributed by atoms with E-state index in [1.807, 2.05) is 21.9 Å². The molecule has 0 radical (unpaired) electrons. The molecule has 2 fully saturated rings. The Morgan fingerprint density at radius 3 is 2.35 bits per heavy atom. The molecule has 1 aromatic carbocycles. The Balaban J connectivity index is 1.34. The van der Waals surface area contributed by atoms with Gasteiger partial charge in [-0.05, 0) is 17.0 Å². The largest absolute Gasteiger partial charge is 0.378 e. The van der Waals surface area contributed by atoms with E-state index in [-0.39, 0.29) is 6.03 Å². The van der Waals surface area contributed by atoms with Gasteiger partial charge in [0.05, 0.1) is 23.5 Å². The van der Waals surface area contributed by atoms with Crippen molar-refractivity contribution in [3.05, 3.63) is 53.2 Å². The number of amides is 2. The summed E-state index contributed by atoms with van der Waals surface area (Å²) in [5.41, 5.74) is 2.34. The molecule has 0 atom stereocenters. The molecule has 0 saturated carbocycles. The van der Waals surface area contributed by atoms with Crippen molar-refractivity contribution in [1.29, 1.82) is 0 Å². The molecule has 0 spiro atoms. The van der Waals surface area contributed by atoms with Gasteiger partial charge in [-0.15, -0.1) is 22.7 Å². The molecule has 174 valence electrons. The monoisotopic (exact) mass is 491 g/mol. The summed E-state index contributed by atoms with van der Waals surface area (Å²) in [5, 5.41) is 5.35. The number of hydrogen-bond acceptors (Lipinski definition) is 7. The zero-order valence-corrected chi connectivity index (χ0v) is 20.4. The van der Waals surface area contributed by atoms with Gasteiger partial charge < -0.3 is 19.4 Å². The van der Waals surface area contributed by atoms with E-state index in [0.29, 0.717) is 39.4 Å². The van der Waals surface area contributed by atoms with E-state index in [0.717, 1.165) is 39.8 Å². The van der Waals surface area contributed by atoms with E-state index < -0.39 is 0 Å². The lowest BCUT2D eigenvalue weighted by atomic mass is 10.1. The van der Waals surface area contributed by atoms with Gasteiger partial charge in [-0.2, -0.15) is 0 Å². The van der Waals surface area contributed by atoms with E-state index in [1.165, 1.54) is 11.1 Å². The molecular weight excluding hydrogens is 466 g/mol. The Labute approximate surface area is 206 Å². The molecule has 4 aromatic rings. The van der Waals surface area contributed by atoms with Crippen LogP contribution in [-0.2, 0) is 4.74 Å². The molecule has 0 bridgehead atoms. The summed E-state index contributed by atoms with van der Waals surface area (Å²) < 4.78 is 5.40. The minimum Gasteiger partial charge on any atom is -0.378 e. The second kappa shape index (κ2) is 9.32. The fourth-order valence-corrected chi connectivity index (χ4v) is 6.16. The van der Waals surface area contributed by atoms with Gasteiger partial charge >= 0.3 is 6.03 Å². The van der Waals surface area contributed by atoms with Gasteiger partial charge in [0, 0.05) is 50.2 Å². The summed E-state index contributed by atoms with van der Waals surface area (Å²) in [6, 6.07) is 14.7. The zero-order chi connectivity index (χ0) is 22.9. The number of morpholine rings is 1. The van der Waals surface area contributed by atoms with Crippen LogP contribution in [0.2, 0.25) is 0 Å². The highest BCUT2D eigenvalue weighted by Crippen LogP contribution is 2.40. The maximum absolute atomic E-state index is 13.0. The van der Waals surface area contributed by atoms with Crippen molar-refractivity contribution in [3.63, 3.8) is 0 Å². The molecule has 2 aliphatic heterocycles. The van der Waals surface area contributed by atoms with E-state index >= 15 is 0 Å². The van der Waals surface area contributed by atoms with Crippen LogP contribution < -0.4 is 4.90 Å². The Morgan fingerprint density at radius 2 is 1.62 bits per heavy atom. The molecule has 9 heteroatoms. The van der Waals surface area contributed by atoms with Crippen LogP contribution in [0.3, 0.4) is 0 Å². The number of benzene rings is 1. The van der Waals surface area contributed by atoms with Crippen LogP contribution >= 0.6 is 22.7 Å². The molecular formula is C25H25N5O2S2.